The van der Waals surface area contributed by atoms with E-state index in [-0.39, 0.29) is 36.1 Å². The summed E-state index contributed by atoms with van der Waals surface area (Å²) in [5.41, 5.74) is 8.03. The van der Waals surface area contributed by atoms with Crippen molar-refractivity contribution >= 4 is 37.1 Å². The summed E-state index contributed by atoms with van der Waals surface area (Å²) in [6.07, 6.45) is -0.0802. The second kappa shape index (κ2) is 10.4. The lowest BCUT2D eigenvalue weighted by Gasteiger charge is -2.44. The first-order valence-corrected chi connectivity index (χ1v) is 13.9. The van der Waals surface area contributed by atoms with Gasteiger partial charge in [-0.2, -0.15) is 4.79 Å². The molecule has 1 aromatic rings. The van der Waals surface area contributed by atoms with Gasteiger partial charge in [0.2, 0.25) is 5.91 Å². The number of aliphatic hydroxyl groups is 1. The van der Waals surface area contributed by atoms with E-state index >= 15 is 0 Å². The Morgan fingerprint density at radius 3 is 2.35 bits per heavy atom. The molecule has 1 unspecified atom stereocenters. The molecule has 184 valence electrons. The van der Waals surface area contributed by atoms with Crippen LogP contribution in [0.15, 0.2) is 24.3 Å². The van der Waals surface area contributed by atoms with Crippen LogP contribution in [0.1, 0.15) is 39.2 Å². The third kappa shape index (κ3) is 6.02. The third-order valence-corrected chi connectivity index (χ3v) is 12.6. The second-order valence-electron chi connectivity index (χ2n) is 10.0. The fourth-order valence-corrected chi connectivity index (χ4v) is 5.26. The molecule has 2 N–H and O–H groups in total. The predicted molar refractivity (Wildman–Crippen MR) is 124 cm³/mol. The number of benzene rings is 1. The Bertz CT molecular complexity index is 1030. The molecule has 1 aliphatic rings. The number of nitro benzene ring substituents is 1. The number of esters is 1. The molecule has 3 atom stereocenters. The molecular weight excluding hydrogens is 460 g/mol. The van der Waals surface area contributed by atoms with Crippen molar-refractivity contribution in [2.75, 3.05) is 0 Å². The number of nitrogens with one attached hydrogen (secondary N) is 1. The number of hydrogen-bond donors (Lipinski definition) is 2. The Kier molecular flexibility index (Phi) is 8.25. The summed E-state index contributed by atoms with van der Waals surface area (Å²) >= 11 is 0. The number of Topliss-reactive ketones (excluding diaryl/α,β-unsaturated/α-hetero) is 1. The number of ether oxygens (including phenoxy) is 1. The lowest BCUT2D eigenvalue weighted by atomic mass is 9.84. The van der Waals surface area contributed by atoms with Crippen molar-refractivity contribution in [2.24, 2.45) is 5.92 Å². The van der Waals surface area contributed by atoms with Gasteiger partial charge >= 0.3 is 11.7 Å². The number of ketones is 1. The van der Waals surface area contributed by atoms with E-state index in [1.165, 1.54) is 24.3 Å². The molecule has 1 fully saturated rings. The zero-order valence-corrected chi connectivity index (χ0v) is 20.9. The smallest absolute Gasteiger partial charge is 0.441 e. The van der Waals surface area contributed by atoms with Crippen LogP contribution in [0.4, 0.5) is 5.69 Å². The van der Waals surface area contributed by atoms with E-state index in [0.717, 1.165) is 0 Å². The van der Waals surface area contributed by atoms with Gasteiger partial charge in [-0.3, -0.25) is 19.7 Å². The third-order valence-electron chi connectivity index (χ3n) is 6.87. The minimum absolute atomic E-state index is 0.0951. The van der Waals surface area contributed by atoms with Crippen LogP contribution in [-0.2, 0) is 25.7 Å². The summed E-state index contributed by atoms with van der Waals surface area (Å²) in [6.45, 7) is 9.96. The van der Waals surface area contributed by atoms with Gasteiger partial charge in [-0.25, -0.2) is 4.79 Å². The van der Waals surface area contributed by atoms with Crippen LogP contribution in [0.2, 0.25) is 18.1 Å². The number of carbonyl (C=O) groups is 3. The van der Waals surface area contributed by atoms with Crippen molar-refractivity contribution in [2.45, 2.75) is 70.1 Å². The van der Waals surface area contributed by atoms with Crippen LogP contribution in [0.5, 0.6) is 0 Å². The minimum atomic E-state index is -2.14. The molecule has 1 heterocycles. The normalized spacial score (nSPS) is 18.7. The van der Waals surface area contributed by atoms with Gasteiger partial charge in [-0.05, 0) is 29.2 Å². The van der Waals surface area contributed by atoms with Crippen LogP contribution >= 0.6 is 0 Å². The molecule has 0 saturated carbocycles. The Morgan fingerprint density at radius 1 is 1.29 bits per heavy atom. The minimum Gasteiger partial charge on any atom is -0.452 e. The molecule has 12 heteroatoms. The zero-order valence-electron chi connectivity index (χ0n) is 19.9. The first-order valence-electron chi connectivity index (χ1n) is 10.8. The Morgan fingerprint density at radius 2 is 1.88 bits per heavy atom. The van der Waals surface area contributed by atoms with Crippen molar-refractivity contribution in [1.82, 2.24) is 5.32 Å². The number of non-ortho nitro benzene ring substituents is 1. The quantitative estimate of drug-likeness (QED) is 0.0582. The van der Waals surface area contributed by atoms with Gasteiger partial charge in [0.25, 0.3) is 11.5 Å². The molecule has 1 aliphatic heterocycles. The number of nitro groups is 1. The number of aliphatic hydroxyl groups excluding tert-OH is 1. The fraction of sp³-hybridized carbons (Fsp3) is 0.545. The predicted octanol–water partition coefficient (Wildman–Crippen LogP) is 2.18. The highest BCUT2D eigenvalue weighted by atomic mass is 28.3. The first kappa shape index (κ1) is 27.0. The van der Waals surface area contributed by atoms with Gasteiger partial charge < -0.3 is 20.7 Å². The van der Waals surface area contributed by atoms with E-state index in [4.69, 9.17) is 4.74 Å². The van der Waals surface area contributed by atoms with Crippen molar-refractivity contribution in [3.05, 3.63) is 45.5 Å². The number of hydrogen-bond acceptors (Lipinski definition) is 7. The standard InChI is InChI=1S/C22H30N4O7Si/c1-22(2,3)34(4,5)18(28)10-15-16(24-20(15)29)11-17(27)19(25-23)21(30)33-12-13-6-8-14(9-7-13)26(31)32/h6-9,15-16,18,28H,10-12H2,1-5H3,(H,24,29)/t15-,16+,18?/m0/s1. The molecule has 2 rings (SSSR count). The first-order chi connectivity index (χ1) is 15.7. The fourth-order valence-electron chi connectivity index (χ4n) is 3.41. The number of amides is 1. The van der Waals surface area contributed by atoms with Gasteiger partial charge in [-0.1, -0.05) is 33.9 Å². The highest BCUT2D eigenvalue weighted by Crippen LogP contribution is 2.40. The van der Waals surface area contributed by atoms with Crippen molar-refractivity contribution in [1.29, 1.82) is 0 Å². The average molecular weight is 491 g/mol. The van der Waals surface area contributed by atoms with Crippen molar-refractivity contribution in [3.8, 4) is 0 Å². The number of rotatable bonds is 10. The molecule has 11 nitrogen and oxygen atoms in total. The second-order valence-corrected chi connectivity index (χ2v) is 15.6. The largest absolute Gasteiger partial charge is 0.452 e. The maximum absolute atomic E-state index is 12.6. The Balaban J connectivity index is 1.97. The number of carbonyl (C=O) groups excluding carboxylic acids is 3. The lowest BCUT2D eigenvalue weighted by molar-refractivity contribution is -0.384. The lowest BCUT2D eigenvalue weighted by Crippen LogP contribution is -2.62. The van der Waals surface area contributed by atoms with Gasteiger partial charge in [0, 0.05) is 30.3 Å². The van der Waals surface area contributed by atoms with E-state index in [1.807, 2.05) is 13.1 Å². The van der Waals surface area contributed by atoms with Crippen LogP contribution in [-0.4, -0.2) is 58.0 Å². The van der Waals surface area contributed by atoms with Gasteiger partial charge in [0.05, 0.1) is 18.9 Å². The van der Waals surface area contributed by atoms with Crippen molar-refractivity contribution < 1.29 is 33.9 Å². The summed E-state index contributed by atoms with van der Waals surface area (Å²) in [7, 11) is -2.14. The van der Waals surface area contributed by atoms with E-state index in [1.54, 1.807) is 0 Å². The molecule has 0 aromatic heterocycles. The number of β-lactam (4-membered cyclic amide) rings is 1. The summed E-state index contributed by atoms with van der Waals surface area (Å²) in [5.74, 6) is -2.84. The maximum Gasteiger partial charge on any atom is 0.441 e. The summed E-state index contributed by atoms with van der Waals surface area (Å²) in [6, 6.07) is 4.68. The maximum atomic E-state index is 12.6. The molecule has 1 aromatic carbocycles. The summed E-state index contributed by atoms with van der Waals surface area (Å²) in [5, 5.41) is 24.0. The SMILES string of the molecule is CC(C)(C)[Si](C)(C)C(O)C[C@@H]1C(=O)N[C@@H]1CC(=O)C(=[N+]=[N-])C(=O)OCc1ccc([N+](=O)[O-])cc1. The topological polar surface area (TPSA) is 172 Å². The van der Waals surface area contributed by atoms with E-state index in [2.05, 4.69) is 30.9 Å². The molecule has 34 heavy (non-hydrogen) atoms. The van der Waals surface area contributed by atoms with Gasteiger partial charge in [0.15, 0.2) is 0 Å². The highest BCUT2D eigenvalue weighted by Gasteiger charge is 2.48. The molecule has 0 aliphatic carbocycles. The molecule has 0 radical (unpaired) electrons. The highest BCUT2D eigenvalue weighted by molar-refractivity contribution is 6.81. The van der Waals surface area contributed by atoms with Gasteiger partial charge in [0.1, 0.15) is 6.61 Å². The summed E-state index contributed by atoms with van der Waals surface area (Å²) in [4.78, 5) is 49.8. The summed E-state index contributed by atoms with van der Waals surface area (Å²) < 4.78 is 4.99. The van der Waals surface area contributed by atoms with E-state index < -0.39 is 48.1 Å². The zero-order chi connectivity index (χ0) is 25.8. The Hall–Kier alpha value is -3.21. The van der Waals surface area contributed by atoms with Crippen molar-refractivity contribution in [3.63, 3.8) is 0 Å². The van der Waals surface area contributed by atoms with Crippen LogP contribution in [0.25, 0.3) is 5.53 Å². The molecular formula is C22H30N4O7Si. The number of nitrogens with zero attached hydrogens (tertiary/aromatic N) is 3. The molecule has 1 amide bonds. The average Bonchev–Trinajstić information content (AvgIpc) is 2.75. The van der Waals surface area contributed by atoms with Gasteiger partial charge in [-0.15, -0.1) is 0 Å². The Labute approximate surface area is 198 Å². The van der Waals surface area contributed by atoms with Crippen LogP contribution in [0.3, 0.4) is 0 Å². The van der Waals surface area contributed by atoms with Crippen LogP contribution < -0.4 is 5.32 Å². The molecule has 0 spiro atoms. The van der Waals surface area contributed by atoms with Crippen LogP contribution in [0, 0.1) is 16.0 Å². The molecule has 0 bridgehead atoms. The van der Waals surface area contributed by atoms with E-state index in [0.29, 0.717) is 5.56 Å². The monoisotopic (exact) mass is 490 g/mol. The van der Waals surface area contributed by atoms with E-state index in [9.17, 15) is 35.1 Å². The molecule has 1 saturated heterocycles.